The predicted molar refractivity (Wildman–Crippen MR) is 153 cm³/mol. The van der Waals surface area contributed by atoms with Crippen LogP contribution in [0.4, 0.5) is 39.1 Å². The first-order chi connectivity index (χ1) is 20.2. The van der Waals surface area contributed by atoms with E-state index in [1.54, 1.807) is 43.3 Å². The molecule has 4 rings (SSSR count). The van der Waals surface area contributed by atoms with E-state index in [-0.39, 0.29) is 18.0 Å². The quantitative estimate of drug-likeness (QED) is 0.177. The molecule has 1 heterocycles. The fraction of sp³-hybridized carbons (Fsp3) is 0.207. The molecule has 43 heavy (non-hydrogen) atoms. The summed E-state index contributed by atoms with van der Waals surface area (Å²) in [6, 6.07) is 12.2. The third kappa shape index (κ3) is 6.28. The average Bonchev–Trinajstić information content (AvgIpc) is 2.93. The predicted octanol–water partition coefficient (Wildman–Crippen LogP) is 4.20. The highest BCUT2D eigenvalue weighted by molar-refractivity contribution is 6.06. The van der Waals surface area contributed by atoms with Crippen molar-refractivity contribution in [2.24, 2.45) is 4.99 Å². The number of hydrogen-bond acceptors (Lipinski definition) is 7. The van der Waals surface area contributed by atoms with Gasteiger partial charge >= 0.3 is 11.9 Å². The molecule has 3 aromatic carbocycles. The lowest BCUT2D eigenvalue weighted by Crippen LogP contribution is -2.45. The Morgan fingerprint density at radius 2 is 1.63 bits per heavy atom. The zero-order valence-corrected chi connectivity index (χ0v) is 23.2. The number of nitrogen functional groups attached to an aromatic ring is 2. The molecule has 4 aromatic rings. The monoisotopic (exact) mass is 602 g/mol. The molecule has 0 saturated heterocycles. The first-order valence-electron chi connectivity index (χ1n) is 12.7. The molecule has 0 bridgehead atoms. The van der Waals surface area contributed by atoms with Gasteiger partial charge in [-0.1, -0.05) is 12.1 Å². The molecule has 0 spiro atoms. The van der Waals surface area contributed by atoms with Gasteiger partial charge in [0, 0.05) is 17.8 Å². The smallest absolute Gasteiger partial charge is 0.416 e. The summed E-state index contributed by atoms with van der Waals surface area (Å²) in [5, 5.41) is 0. The Hall–Kier alpha value is -4.98. The van der Waals surface area contributed by atoms with E-state index in [1.807, 2.05) is 0 Å². The van der Waals surface area contributed by atoms with Crippen LogP contribution >= 0.6 is 0 Å². The molecular weight excluding hydrogens is 575 g/mol. The zero-order chi connectivity index (χ0) is 31.6. The Bertz CT molecular complexity index is 1810. The van der Waals surface area contributed by atoms with Crippen molar-refractivity contribution in [3.63, 3.8) is 0 Å². The van der Waals surface area contributed by atoms with E-state index in [1.165, 1.54) is 19.2 Å². The van der Waals surface area contributed by atoms with Crippen LogP contribution in [-0.4, -0.2) is 47.5 Å². The topological polar surface area (TPSA) is 121 Å². The van der Waals surface area contributed by atoms with Crippen LogP contribution < -0.4 is 27.5 Å². The molecule has 0 aliphatic heterocycles. The fourth-order valence-electron chi connectivity index (χ4n) is 4.45. The first kappa shape index (κ1) is 31.0. The third-order valence-corrected chi connectivity index (χ3v) is 6.44. The highest BCUT2D eigenvalue weighted by Gasteiger charge is 2.35. The summed E-state index contributed by atoms with van der Waals surface area (Å²) >= 11 is 0. The Morgan fingerprint density at radius 3 is 2.23 bits per heavy atom. The molecule has 1 aromatic heterocycles. The van der Waals surface area contributed by atoms with Gasteiger partial charge in [-0.3, -0.25) is 14.4 Å². The minimum absolute atomic E-state index is 0.00680. The minimum atomic E-state index is -4.99. The van der Waals surface area contributed by atoms with Gasteiger partial charge in [-0.2, -0.15) is 13.2 Å². The highest BCUT2D eigenvalue weighted by Crippen LogP contribution is 2.34. The molecule has 0 unspecified atom stereocenters. The van der Waals surface area contributed by atoms with Gasteiger partial charge in [0.2, 0.25) is 0 Å². The number of nitrogens with two attached hydrogens (primary N) is 2. The molecule has 0 aliphatic carbocycles. The van der Waals surface area contributed by atoms with Crippen LogP contribution in [0.3, 0.4) is 0 Å². The second kappa shape index (κ2) is 12.1. The third-order valence-electron chi connectivity index (χ3n) is 6.44. The van der Waals surface area contributed by atoms with Crippen LogP contribution in [0.15, 0.2) is 75.2 Å². The zero-order valence-electron chi connectivity index (χ0n) is 23.2. The first-order valence-corrected chi connectivity index (χ1v) is 12.7. The molecule has 9 nitrogen and oxygen atoms in total. The largest absolute Gasteiger partial charge is 0.494 e. The summed E-state index contributed by atoms with van der Waals surface area (Å²) in [7, 11) is 4.48. The number of alkyl halides is 3. The lowest BCUT2D eigenvalue weighted by atomic mass is 10.1. The Kier molecular flexibility index (Phi) is 8.71. The van der Waals surface area contributed by atoms with E-state index in [4.69, 9.17) is 16.2 Å². The number of methoxy groups -OCH3 is 1. The average molecular weight is 603 g/mol. The number of rotatable bonds is 8. The number of halogens is 5. The van der Waals surface area contributed by atoms with Gasteiger partial charge in [-0.25, -0.2) is 18.1 Å². The second-order valence-corrected chi connectivity index (χ2v) is 9.71. The number of likely N-dealkylation sites (N-methyl/N-ethyl adjacent to an activating group) is 1. The number of ether oxygens (including phenoxy) is 1. The van der Waals surface area contributed by atoms with Gasteiger partial charge in [0.1, 0.15) is 17.2 Å². The van der Waals surface area contributed by atoms with Crippen LogP contribution in [0.2, 0.25) is 0 Å². The Morgan fingerprint density at radius 1 is 0.977 bits per heavy atom. The lowest BCUT2D eigenvalue weighted by molar-refractivity contribution is -0.138. The molecule has 14 heteroatoms. The summed E-state index contributed by atoms with van der Waals surface area (Å²) in [5.74, 6) is -3.27. The maximum absolute atomic E-state index is 15.5. The minimum Gasteiger partial charge on any atom is -0.494 e. The van der Waals surface area contributed by atoms with Gasteiger partial charge in [-0.15, -0.1) is 0 Å². The van der Waals surface area contributed by atoms with Gasteiger partial charge in [0.05, 0.1) is 36.3 Å². The summed E-state index contributed by atoms with van der Waals surface area (Å²) in [6.45, 7) is -1.09. The molecule has 226 valence electrons. The molecule has 0 fully saturated rings. The van der Waals surface area contributed by atoms with Crippen LogP contribution in [-0.2, 0) is 12.7 Å². The van der Waals surface area contributed by atoms with Crippen molar-refractivity contribution in [2.45, 2.75) is 12.7 Å². The maximum Gasteiger partial charge on any atom is 0.416 e. The van der Waals surface area contributed by atoms with E-state index >= 15 is 4.39 Å². The van der Waals surface area contributed by atoms with Crippen LogP contribution in [0, 0.1) is 11.6 Å². The van der Waals surface area contributed by atoms with Crippen LogP contribution in [0.25, 0.3) is 5.69 Å². The van der Waals surface area contributed by atoms with Crippen molar-refractivity contribution < 1.29 is 26.7 Å². The Balaban J connectivity index is 2.13. The number of hydrogen-bond donors (Lipinski definition) is 2. The van der Waals surface area contributed by atoms with Crippen molar-refractivity contribution in [2.75, 3.05) is 39.2 Å². The van der Waals surface area contributed by atoms with E-state index in [9.17, 15) is 27.2 Å². The van der Waals surface area contributed by atoms with E-state index in [0.29, 0.717) is 26.6 Å². The van der Waals surface area contributed by atoms with Crippen molar-refractivity contribution in [3.8, 4) is 11.4 Å². The van der Waals surface area contributed by atoms with Gasteiger partial charge in [0.15, 0.2) is 11.6 Å². The van der Waals surface area contributed by atoms with E-state index in [0.717, 1.165) is 18.2 Å². The number of aliphatic imine (C=N–C) groups is 1. The summed E-state index contributed by atoms with van der Waals surface area (Å²) in [4.78, 5) is 34.0. The van der Waals surface area contributed by atoms with Crippen LogP contribution in [0.5, 0.6) is 5.75 Å². The van der Waals surface area contributed by atoms with E-state index < -0.39 is 63.8 Å². The summed E-state index contributed by atoms with van der Waals surface area (Å²) < 4.78 is 77.9. The maximum atomic E-state index is 15.5. The standard InChI is InChI=1S/C29H27F5N6O3/c1-38(2)15-21(37-17-12-10-16(35)11-13-17)24-26(36)39(14-18-19(29(32,33)34)6-4-7-20(18)30)28(42)40(27(24)41)22-8-5-9-23(43-3)25(22)31/h4-13H,14-15,35-36H2,1-3H3. The van der Waals surface area contributed by atoms with Gasteiger partial charge in [-0.05, 0) is 62.6 Å². The molecular formula is C29H27F5N6O3. The molecule has 4 N–H and O–H groups in total. The SMILES string of the molecule is COc1cccc(-n2c(=O)c(C(CN(C)C)=Nc3ccc(N)cc3)c(N)n(Cc3c(F)cccc3C(F)(F)F)c2=O)c1F. The molecule has 0 radical (unpaired) electrons. The lowest BCUT2D eigenvalue weighted by Gasteiger charge is -2.21. The van der Waals surface area contributed by atoms with E-state index in [2.05, 4.69) is 4.99 Å². The number of anilines is 2. The van der Waals surface area contributed by atoms with Crippen LogP contribution in [0.1, 0.15) is 16.7 Å². The summed E-state index contributed by atoms with van der Waals surface area (Å²) in [6.07, 6.45) is -4.99. The van der Waals surface area contributed by atoms with Gasteiger partial charge in [0.25, 0.3) is 5.56 Å². The van der Waals surface area contributed by atoms with Crippen molar-refractivity contribution in [3.05, 3.63) is 110 Å². The molecule has 0 aliphatic rings. The normalized spacial score (nSPS) is 12.2. The second-order valence-electron chi connectivity index (χ2n) is 9.71. The molecule has 0 amide bonds. The van der Waals surface area contributed by atoms with Gasteiger partial charge < -0.3 is 21.1 Å². The molecule has 0 saturated carbocycles. The highest BCUT2D eigenvalue weighted by atomic mass is 19.4. The fourth-order valence-corrected chi connectivity index (χ4v) is 4.45. The summed E-state index contributed by atoms with van der Waals surface area (Å²) in [5.41, 5.74) is 7.21. The van der Waals surface area contributed by atoms with Crippen molar-refractivity contribution >= 4 is 22.9 Å². The molecule has 0 atom stereocenters. The Labute approximate surface area is 242 Å². The number of benzene rings is 3. The number of aromatic nitrogens is 2. The number of nitrogens with zero attached hydrogens (tertiary/aromatic N) is 4. The van der Waals surface area contributed by atoms with Crippen molar-refractivity contribution in [1.82, 2.24) is 14.0 Å². The van der Waals surface area contributed by atoms with Crippen molar-refractivity contribution in [1.29, 1.82) is 0 Å².